The number of alkyl halides is 3. The largest absolute Gasteiger partial charge is 0.573 e. The van der Waals surface area contributed by atoms with E-state index < -0.39 is 23.4 Å². The monoisotopic (exact) mass is 400 g/mol. The van der Waals surface area contributed by atoms with Gasteiger partial charge in [-0.3, -0.25) is 23.6 Å². The Balaban J connectivity index is 2.24. The van der Waals surface area contributed by atoms with Crippen LogP contribution in [0.15, 0.2) is 33.9 Å². The van der Waals surface area contributed by atoms with Gasteiger partial charge in [0.05, 0.1) is 6.54 Å². The van der Waals surface area contributed by atoms with Crippen molar-refractivity contribution in [2.75, 3.05) is 19.3 Å². The predicted molar refractivity (Wildman–Crippen MR) is 95.1 cm³/mol. The highest BCUT2D eigenvalue weighted by Gasteiger charge is 2.32. The number of nitrogens with zero attached hydrogens (tertiary/aromatic N) is 3. The average Bonchev–Trinajstić information content (AvgIpc) is 2.59. The van der Waals surface area contributed by atoms with Crippen LogP contribution in [-0.4, -0.2) is 39.8 Å². The highest BCUT2D eigenvalue weighted by molar-refractivity contribution is 6.01. The standard InChI is InChI=1S/C17H19F3N4O4/c1-22(8-10-6-4-5-7-12(10)28-17(18,19)20)9-11(25)13-14(21)23(2)16(27)24(3)15(13)26/h4-7H,8-9,21H2,1-3H3. The lowest BCUT2D eigenvalue weighted by molar-refractivity contribution is -0.275. The van der Waals surface area contributed by atoms with Crippen LogP contribution in [0.4, 0.5) is 19.0 Å². The second kappa shape index (κ2) is 7.89. The van der Waals surface area contributed by atoms with E-state index in [1.165, 1.54) is 50.3 Å². The number of halogens is 3. The van der Waals surface area contributed by atoms with Gasteiger partial charge in [-0.15, -0.1) is 13.2 Å². The minimum Gasteiger partial charge on any atom is -0.405 e. The van der Waals surface area contributed by atoms with Gasteiger partial charge in [-0.2, -0.15) is 0 Å². The summed E-state index contributed by atoms with van der Waals surface area (Å²) in [6.07, 6.45) is -4.85. The number of aromatic nitrogens is 2. The molecule has 0 bridgehead atoms. The van der Waals surface area contributed by atoms with E-state index in [0.717, 1.165) is 9.13 Å². The summed E-state index contributed by atoms with van der Waals surface area (Å²) in [6, 6.07) is 5.53. The fourth-order valence-electron chi connectivity index (χ4n) is 2.65. The molecule has 1 aromatic carbocycles. The summed E-state index contributed by atoms with van der Waals surface area (Å²) in [6.45, 7) is -0.359. The molecule has 0 spiro atoms. The fraction of sp³-hybridized carbons (Fsp3) is 0.353. The molecule has 2 rings (SSSR count). The molecule has 0 fully saturated rings. The highest BCUT2D eigenvalue weighted by Crippen LogP contribution is 2.27. The van der Waals surface area contributed by atoms with E-state index in [2.05, 4.69) is 4.74 Å². The minimum absolute atomic E-state index is 0.0516. The van der Waals surface area contributed by atoms with Crippen LogP contribution >= 0.6 is 0 Å². The zero-order valence-corrected chi connectivity index (χ0v) is 15.4. The van der Waals surface area contributed by atoms with Gasteiger partial charge in [0.1, 0.15) is 17.1 Å². The van der Waals surface area contributed by atoms with Crippen molar-refractivity contribution in [2.24, 2.45) is 14.1 Å². The molecule has 0 aliphatic rings. The third-order valence-corrected chi connectivity index (χ3v) is 4.04. The van der Waals surface area contributed by atoms with Crippen LogP contribution in [0, 0.1) is 0 Å². The van der Waals surface area contributed by atoms with Gasteiger partial charge in [0.2, 0.25) is 0 Å². The highest BCUT2D eigenvalue weighted by atomic mass is 19.4. The molecule has 1 heterocycles. The lowest BCUT2D eigenvalue weighted by Gasteiger charge is -2.19. The van der Waals surface area contributed by atoms with Gasteiger partial charge >= 0.3 is 12.1 Å². The Hall–Kier alpha value is -3.08. The molecule has 0 amide bonds. The van der Waals surface area contributed by atoms with Crippen molar-refractivity contribution < 1.29 is 22.7 Å². The maximum Gasteiger partial charge on any atom is 0.573 e. The Bertz CT molecular complexity index is 1010. The molecule has 0 aliphatic heterocycles. The normalized spacial score (nSPS) is 11.7. The van der Waals surface area contributed by atoms with E-state index >= 15 is 0 Å². The van der Waals surface area contributed by atoms with Crippen molar-refractivity contribution in [1.82, 2.24) is 14.0 Å². The summed E-state index contributed by atoms with van der Waals surface area (Å²) < 4.78 is 43.3. The topological polar surface area (TPSA) is 99.6 Å². The Labute approximate surface area is 157 Å². The van der Waals surface area contributed by atoms with Gasteiger partial charge in [-0.1, -0.05) is 18.2 Å². The van der Waals surface area contributed by atoms with Gasteiger partial charge in [0, 0.05) is 26.2 Å². The lowest BCUT2D eigenvalue weighted by Crippen LogP contribution is -2.43. The number of para-hydroxylation sites is 1. The number of ketones is 1. The average molecular weight is 400 g/mol. The SMILES string of the molecule is CN(CC(=O)c1c(N)n(C)c(=O)n(C)c1=O)Cc1ccccc1OC(F)(F)F. The number of benzene rings is 1. The predicted octanol–water partition coefficient (Wildman–Crippen LogP) is 0.879. The number of hydrogen-bond donors (Lipinski definition) is 1. The van der Waals surface area contributed by atoms with Crippen LogP contribution < -0.4 is 21.7 Å². The van der Waals surface area contributed by atoms with Crippen LogP contribution in [-0.2, 0) is 20.6 Å². The molecule has 2 aromatic rings. The van der Waals surface area contributed by atoms with Crippen molar-refractivity contribution >= 4 is 11.6 Å². The Kier molecular flexibility index (Phi) is 5.98. The molecule has 0 atom stereocenters. The maximum absolute atomic E-state index is 12.6. The number of Topliss-reactive ketones (excluding diaryl/α,β-unsaturated/α-hetero) is 1. The van der Waals surface area contributed by atoms with E-state index in [4.69, 9.17) is 5.73 Å². The van der Waals surface area contributed by atoms with E-state index in [9.17, 15) is 27.6 Å². The van der Waals surface area contributed by atoms with Gasteiger partial charge in [0.15, 0.2) is 5.78 Å². The summed E-state index contributed by atoms with van der Waals surface area (Å²) in [5.74, 6) is -1.32. The zero-order chi connectivity index (χ0) is 21.2. The van der Waals surface area contributed by atoms with E-state index in [1.54, 1.807) is 0 Å². The quantitative estimate of drug-likeness (QED) is 0.723. The summed E-state index contributed by atoms with van der Waals surface area (Å²) in [4.78, 5) is 38.0. The Morgan fingerprint density at radius 3 is 2.39 bits per heavy atom. The van der Waals surface area contributed by atoms with Gasteiger partial charge in [0.25, 0.3) is 5.56 Å². The summed E-state index contributed by atoms with van der Waals surface area (Å²) >= 11 is 0. The van der Waals surface area contributed by atoms with Crippen LogP contribution in [0.3, 0.4) is 0 Å². The number of ether oxygens (including phenoxy) is 1. The summed E-state index contributed by atoms with van der Waals surface area (Å²) in [5, 5.41) is 0. The lowest BCUT2D eigenvalue weighted by atomic mass is 10.1. The summed E-state index contributed by atoms with van der Waals surface area (Å²) in [5.41, 5.74) is 4.09. The van der Waals surface area contributed by atoms with Crippen molar-refractivity contribution in [3.8, 4) is 5.75 Å². The Morgan fingerprint density at radius 1 is 1.18 bits per heavy atom. The van der Waals surface area contributed by atoms with Gasteiger partial charge in [-0.05, 0) is 13.1 Å². The number of hydrogen-bond acceptors (Lipinski definition) is 6. The molecular formula is C17H19F3N4O4. The molecule has 0 radical (unpaired) electrons. The van der Waals surface area contributed by atoms with Crippen molar-refractivity contribution in [3.63, 3.8) is 0 Å². The second-order valence-electron chi connectivity index (χ2n) is 6.22. The molecule has 1 aromatic heterocycles. The number of rotatable bonds is 6. The van der Waals surface area contributed by atoms with Crippen molar-refractivity contribution in [1.29, 1.82) is 0 Å². The third kappa shape index (κ3) is 4.60. The second-order valence-corrected chi connectivity index (χ2v) is 6.22. The number of carbonyl (C=O) groups excluding carboxylic acids is 1. The molecule has 11 heteroatoms. The number of nitrogens with two attached hydrogens (primary N) is 1. The molecule has 8 nitrogen and oxygen atoms in total. The van der Waals surface area contributed by atoms with E-state index in [-0.39, 0.29) is 35.8 Å². The molecule has 0 saturated heterocycles. The van der Waals surface area contributed by atoms with Crippen LogP contribution in [0.25, 0.3) is 0 Å². The molecule has 152 valence electrons. The molecule has 2 N–H and O–H groups in total. The van der Waals surface area contributed by atoms with Crippen molar-refractivity contribution in [2.45, 2.75) is 12.9 Å². The van der Waals surface area contributed by atoms with Crippen LogP contribution in [0.5, 0.6) is 5.75 Å². The van der Waals surface area contributed by atoms with Crippen molar-refractivity contribution in [3.05, 3.63) is 56.2 Å². The third-order valence-electron chi connectivity index (χ3n) is 4.04. The molecule has 0 saturated carbocycles. The maximum atomic E-state index is 12.6. The zero-order valence-electron chi connectivity index (χ0n) is 15.4. The molecule has 28 heavy (non-hydrogen) atoms. The van der Waals surface area contributed by atoms with Crippen LogP contribution in [0.2, 0.25) is 0 Å². The Morgan fingerprint density at radius 2 is 1.79 bits per heavy atom. The first-order valence-electron chi connectivity index (χ1n) is 8.03. The fourth-order valence-corrected chi connectivity index (χ4v) is 2.65. The first-order chi connectivity index (χ1) is 12.9. The number of carbonyl (C=O) groups is 1. The molecule has 0 unspecified atom stereocenters. The van der Waals surface area contributed by atoms with Gasteiger partial charge in [-0.25, -0.2) is 4.79 Å². The first-order valence-corrected chi connectivity index (χ1v) is 8.03. The summed E-state index contributed by atoms with van der Waals surface area (Å²) in [7, 11) is 4.03. The minimum atomic E-state index is -4.85. The number of nitrogen functional groups attached to an aromatic ring is 1. The number of anilines is 1. The first kappa shape index (κ1) is 21.2. The van der Waals surface area contributed by atoms with Crippen LogP contribution in [0.1, 0.15) is 15.9 Å². The van der Waals surface area contributed by atoms with E-state index in [1.807, 2.05) is 0 Å². The number of likely N-dealkylation sites (N-methyl/N-ethyl adjacent to an activating group) is 1. The smallest absolute Gasteiger partial charge is 0.405 e. The molecule has 0 aliphatic carbocycles. The van der Waals surface area contributed by atoms with Gasteiger partial charge < -0.3 is 10.5 Å². The van der Waals surface area contributed by atoms with E-state index in [0.29, 0.717) is 0 Å². The molecular weight excluding hydrogens is 381 g/mol.